The Labute approximate surface area is 341 Å². The van der Waals surface area contributed by atoms with Crippen molar-refractivity contribution in [1.82, 2.24) is 19.5 Å². The summed E-state index contributed by atoms with van der Waals surface area (Å²) in [6.07, 6.45) is 0. The third kappa shape index (κ3) is 5.40. The van der Waals surface area contributed by atoms with Crippen LogP contribution < -0.4 is 0 Å². The van der Waals surface area contributed by atoms with E-state index in [2.05, 4.69) is 24.3 Å². The highest BCUT2D eigenvalue weighted by Gasteiger charge is 2.20. The quantitative estimate of drug-likeness (QED) is 0.170. The second-order valence-corrected chi connectivity index (χ2v) is 14.3. The predicted octanol–water partition coefficient (Wildman–Crippen LogP) is 13.7. The molecule has 0 radical (unpaired) electrons. The Kier molecular flexibility index (Phi) is 5.58. The molecule has 0 saturated carbocycles. The van der Waals surface area contributed by atoms with Gasteiger partial charge < -0.3 is 4.57 Å². The number of para-hydroxylation sites is 2. The fourth-order valence-corrected chi connectivity index (χ4v) is 8.78. The average molecular weight is 743 g/mol. The third-order valence-corrected chi connectivity index (χ3v) is 11.3. The second kappa shape index (κ2) is 13.3. The Morgan fingerprint density at radius 1 is 0.411 bits per heavy atom. The van der Waals surface area contributed by atoms with Crippen LogP contribution in [0.3, 0.4) is 0 Å². The van der Waals surface area contributed by atoms with Gasteiger partial charge in [0, 0.05) is 47.6 Å². The zero-order valence-electron chi connectivity index (χ0n) is 39.4. The maximum Gasteiger partial charge on any atom is 0.166 e. The van der Waals surface area contributed by atoms with E-state index >= 15 is 0 Å². The first-order valence-corrected chi connectivity index (χ1v) is 18.8. The Bertz CT molecular complexity index is 3810. The number of rotatable bonds is 6. The van der Waals surface area contributed by atoms with E-state index in [0.29, 0.717) is 22.4 Å². The number of thiophene rings is 1. The number of nitrogens with zero attached hydrogens (tertiary/aromatic N) is 4. The summed E-state index contributed by atoms with van der Waals surface area (Å²) in [5.41, 5.74) is 5.75. The van der Waals surface area contributed by atoms with Gasteiger partial charge in [-0.05, 0) is 64.7 Å². The van der Waals surface area contributed by atoms with Crippen molar-refractivity contribution in [3.63, 3.8) is 0 Å². The highest BCUT2D eigenvalue weighted by atomic mass is 32.1. The van der Waals surface area contributed by atoms with Gasteiger partial charge in [-0.15, -0.1) is 11.3 Å². The first kappa shape index (κ1) is 23.5. The van der Waals surface area contributed by atoms with Crippen LogP contribution in [0.5, 0.6) is 0 Å². The minimum atomic E-state index is -0.530. The van der Waals surface area contributed by atoms with Gasteiger partial charge in [0.1, 0.15) is 0 Å². The summed E-state index contributed by atoms with van der Waals surface area (Å²) in [5, 5.41) is 3.94. The molecule has 11 aromatic rings. The first-order valence-electron chi connectivity index (χ1n) is 23.0. The minimum Gasteiger partial charge on any atom is -0.309 e. The molecular weight excluding hydrogens is 701 g/mol. The molecule has 0 unspecified atom stereocenters. The number of hydrogen-bond acceptors (Lipinski definition) is 4. The monoisotopic (exact) mass is 742 g/mol. The van der Waals surface area contributed by atoms with E-state index in [4.69, 9.17) is 28.7 Å². The van der Waals surface area contributed by atoms with Crippen molar-refractivity contribution in [3.05, 3.63) is 194 Å². The SMILES string of the molecule is [2H]c1c([2H])c([2H])c(-c2ccc3c(c2)c2ccccc2n3-c2ccccc2-c2nc(-c3cccc(-c4cccc5c4sc4ccccc45)c3)nc(-c3c([2H])c([2H])c([2H])c([2H])c3[2H])n2)c([2H])c1[2H]. The van der Waals surface area contributed by atoms with Crippen LogP contribution >= 0.6 is 11.3 Å². The third-order valence-electron chi connectivity index (χ3n) is 10.0. The number of aromatic nitrogens is 4. The lowest BCUT2D eigenvalue weighted by atomic mass is 10.0. The standard InChI is InChI=1S/C51H32N4S/c1-3-15-33(16-4-1)35-29-30-46-43(32-35)39-21-7-10-26-44(39)55(46)45-27-11-8-23-42(45)51-53-49(34-17-5-2-6-18-34)52-50(54-51)37-20-13-19-36(31-37)38-24-14-25-41-40-22-9-12-28-47(40)56-48(38)41/h1-32H/i1D,2D,3D,4D,5D,6D,15D,16D,17D,18D. The summed E-state index contributed by atoms with van der Waals surface area (Å²) in [6, 6.07) is 38.8. The Morgan fingerprint density at radius 3 is 1.89 bits per heavy atom. The maximum absolute atomic E-state index is 8.94. The molecule has 3 aromatic heterocycles. The smallest absolute Gasteiger partial charge is 0.166 e. The van der Waals surface area contributed by atoms with E-state index in [-0.39, 0.29) is 40.7 Å². The fourth-order valence-electron chi connectivity index (χ4n) is 7.54. The fraction of sp³-hybridized carbons (Fsp3) is 0. The maximum atomic E-state index is 8.94. The van der Waals surface area contributed by atoms with Crippen LogP contribution in [-0.2, 0) is 0 Å². The van der Waals surface area contributed by atoms with Crippen LogP contribution in [-0.4, -0.2) is 19.5 Å². The lowest BCUT2D eigenvalue weighted by Crippen LogP contribution is -2.03. The van der Waals surface area contributed by atoms with Gasteiger partial charge in [-0.25, -0.2) is 15.0 Å². The Hall–Kier alpha value is -7.21. The lowest BCUT2D eigenvalue weighted by Gasteiger charge is -2.15. The highest BCUT2D eigenvalue weighted by molar-refractivity contribution is 7.26. The van der Waals surface area contributed by atoms with Crippen LogP contribution in [0.2, 0.25) is 0 Å². The molecule has 0 aliphatic rings. The molecule has 0 bridgehead atoms. The van der Waals surface area contributed by atoms with Crippen molar-refractivity contribution in [2.45, 2.75) is 0 Å². The molecule has 8 aromatic carbocycles. The second-order valence-electron chi connectivity index (χ2n) is 13.3. The average Bonchev–Trinajstić information content (AvgIpc) is 3.90. The molecule has 0 fully saturated rings. The van der Waals surface area contributed by atoms with E-state index in [1.165, 1.54) is 10.1 Å². The summed E-state index contributed by atoms with van der Waals surface area (Å²) in [5.74, 6) is 0.327. The van der Waals surface area contributed by atoms with Crippen molar-refractivity contribution in [1.29, 1.82) is 0 Å². The number of benzene rings is 8. The van der Waals surface area contributed by atoms with Gasteiger partial charge in [0.15, 0.2) is 17.5 Å². The molecule has 0 aliphatic carbocycles. The van der Waals surface area contributed by atoms with Gasteiger partial charge in [0.05, 0.1) is 30.4 Å². The molecule has 0 N–H and O–H groups in total. The van der Waals surface area contributed by atoms with Crippen LogP contribution in [0.4, 0.5) is 0 Å². The van der Waals surface area contributed by atoms with Crippen molar-refractivity contribution < 1.29 is 13.7 Å². The number of hydrogen-bond donors (Lipinski definition) is 0. The first-order chi connectivity index (χ1) is 31.9. The molecular formula is C51H32N4S. The van der Waals surface area contributed by atoms with Crippen molar-refractivity contribution in [2.75, 3.05) is 0 Å². The van der Waals surface area contributed by atoms with Crippen molar-refractivity contribution in [2.24, 2.45) is 0 Å². The van der Waals surface area contributed by atoms with Gasteiger partial charge >= 0.3 is 0 Å². The predicted molar refractivity (Wildman–Crippen MR) is 234 cm³/mol. The van der Waals surface area contributed by atoms with Gasteiger partial charge in [-0.3, -0.25) is 0 Å². The minimum absolute atomic E-state index is 0.0932. The summed E-state index contributed by atoms with van der Waals surface area (Å²) < 4.78 is 89.7. The molecule has 56 heavy (non-hydrogen) atoms. The van der Waals surface area contributed by atoms with Crippen molar-refractivity contribution >= 4 is 53.3 Å². The molecule has 0 amide bonds. The summed E-state index contributed by atoms with van der Waals surface area (Å²) in [4.78, 5) is 14.9. The molecule has 262 valence electrons. The van der Waals surface area contributed by atoms with E-state index < -0.39 is 48.3 Å². The van der Waals surface area contributed by atoms with Crippen LogP contribution in [0.15, 0.2) is 194 Å². The topological polar surface area (TPSA) is 43.6 Å². The van der Waals surface area contributed by atoms with Crippen LogP contribution in [0.25, 0.3) is 104 Å². The van der Waals surface area contributed by atoms with E-state index in [1.807, 2.05) is 108 Å². The Morgan fingerprint density at radius 2 is 1.04 bits per heavy atom. The van der Waals surface area contributed by atoms with Crippen LogP contribution in [0.1, 0.15) is 13.7 Å². The zero-order valence-corrected chi connectivity index (χ0v) is 30.2. The molecule has 4 nitrogen and oxygen atoms in total. The molecule has 11 rings (SSSR count). The summed E-state index contributed by atoms with van der Waals surface area (Å²) >= 11 is 1.72. The highest BCUT2D eigenvalue weighted by Crippen LogP contribution is 2.41. The van der Waals surface area contributed by atoms with Gasteiger partial charge in [-0.1, -0.05) is 151 Å². The molecule has 5 heteroatoms. The van der Waals surface area contributed by atoms with E-state index in [1.54, 1.807) is 17.4 Å². The van der Waals surface area contributed by atoms with E-state index in [9.17, 15) is 0 Å². The molecule has 0 spiro atoms. The van der Waals surface area contributed by atoms with Crippen LogP contribution in [0, 0.1) is 0 Å². The van der Waals surface area contributed by atoms with Gasteiger partial charge in [0.2, 0.25) is 0 Å². The molecule has 3 heterocycles. The molecule has 0 saturated heterocycles. The lowest BCUT2D eigenvalue weighted by molar-refractivity contribution is 1.06. The summed E-state index contributed by atoms with van der Waals surface area (Å²) in [6.45, 7) is 0. The largest absolute Gasteiger partial charge is 0.309 e. The van der Waals surface area contributed by atoms with Gasteiger partial charge in [-0.2, -0.15) is 0 Å². The molecule has 0 atom stereocenters. The zero-order chi connectivity index (χ0) is 45.7. The summed E-state index contributed by atoms with van der Waals surface area (Å²) in [7, 11) is 0. The molecule has 0 aliphatic heterocycles. The van der Waals surface area contributed by atoms with Gasteiger partial charge in [0.25, 0.3) is 0 Å². The van der Waals surface area contributed by atoms with Crippen molar-refractivity contribution in [3.8, 4) is 62.1 Å². The normalized spacial score (nSPS) is 14.1. The number of fused-ring (bicyclic) bond motifs is 6. The van der Waals surface area contributed by atoms with E-state index in [0.717, 1.165) is 43.0 Å². The Balaban J connectivity index is 1.14.